The van der Waals surface area contributed by atoms with Crippen molar-refractivity contribution in [2.24, 2.45) is 0 Å². The average molecular weight is 362 g/mol. The van der Waals surface area contributed by atoms with E-state index in [1.807, 2.05) is 25.4 Å². The largest absolute Gasteiger partial charge is 0.359 e. The molecule has 0 fully saturated rings. The van der Waals surface area contributed by atoms with Crippen molar-refractivity contribution in [1.29, 1.82) is 0 Å². The smallest absolute Gasteiger partial charge is 0.292 e. The molecule has 0 radical (unpaired) electrons. The summed E-state index contributed by atoms with van der Waals surface area (Å²) in [6.07, 6.45) is 3.72. The van der Waals surface area contributed by atoms with Gasteiger partial charge in [-0.1, -0.05) is 42.5 Å². The molecule has 1 aromatic heterocycles. The molecular formula is C21H22N4O2. The molecule has 0 amide bonds. The molecule has 0 atom stereocenters. The molecule has 3 aromatic rings. The van der Waals surface area contributed by atoms with E-state index in [1.165, 1.54) is 11.3 Å². The molecule has 2 heterocycles. The summed E-state index contributed by atoms with van der Waals surface area (Å²) in [7, 11) is 0. The first kappa shape index (κ1) is 17.3. The lowest BCUT2D eigenvalue weighted by Crippen LogP contribution is -2.32. The van der Waals surface area contributed by atoms with Crippen molar-refractivity contribution in [2.45, 2.75) is 32.9 Å². The van der Waals surface area contributed by atoms with Crippen LogP contribution in [0, 0.1) is 17.0 Å². The third-order valence-corrected chi connectivity index (χ3v) is 5.21. The highest BCUT2D eigenvalue weighted by Gasteiger charge is 2.27. The highest BCUT2D eigenvalue weighted by Crippen LogP contribution is 2.34. The summed E-state index contributed by atoms with van der Waals surface area (Å²) in [4.78, 5) is 17.8. The molecule has 0 unspecified atom stereocenters. The van der Waals surface area contributed by atoms with Gasteiger partial charge in [0.1, 0.15) is 5.69 Å². The van der Waals surface area contributed by atoms with Crippen LogP contribution in [0.25, 0.3) is 0 Å². The van der Waals surface area contributed by atoms with E-state index in [4.69, 9.17) is 0 Å². The summed E-state index contributed by atoms with van der Waals surface area (Å²) in [5.41, 5.74) is 5.39. The van der Waals surface area contributed by atoms with Gasteiger partial charge in [0.05, 0.1) is 23.5 Å². The van der Waals surface area contributed by atoms with E-state index >= 15 is 0 Å². The van der Waals surface area contributed by atoms with E-state index in [0.717, 1.165) is 37.2 Å². The SMILES string of the molecule is Cc1cccc([N+](=O)[O-])c1N1CCc2c(ncn2CCc2ccccc2)C1. The lowest BCUT2D eigenvalue weighted by atomic mass is 10.1. The van der Waals surface area contributed by atoms with Crippen molar-refractivity contribution in [3.63, 3.8) is 0 Å². The Balaban J connectivity index is 1.54. The number of aromatic nitrogens is 2. The lowest BCUT2D eigenvalue weighted by Gasteiger charge is -2.30. The van der Waals surface area contributed by atoms with Crippen LogP contribution in [-0.2, 0) is 25.9 Å². The van der Waals surface area contributed by atoms with Crippen LogP contribution < -0.4 is 4.90 Å². The van der Waals surface area contributed by atoms with Gasteiger partial charge in [0.15, 0.2) is 0 Å². The zero-order valence-corrected chi connectivity index (χ0v) is 15.3. The van der Waals surface area contributed by atoms with Crippen molar-refractivity contribution in [3.8, 4) is 0 Å². The molecule has 6 heteroatoms. The number of hydrogen-bond acceptors (Lipinski definition) is 4. The summed E-state index contributed by atoms with van der Waals surface area (Å²) in [6.45, 7) is 4.20. The molecule has 6 nitrogen and oxygen atoms in total. The molecule has 0 saturated carbocycles. The van der Waals surface area contributed by atoms with Gasteiger partial charge in [-0.05, 0) is 24.5 Å². The maximum Gasteiger partial charge on any atom is 0.292 e. The number of nitro benzene ring substituents is 1. The van der Waals surface area contributed by atoms with E-state index in [9.17, 15) is 10.1 Å². The molecule has 2 aromatic carbocycles. The second kappa shape index (κ2) is 7.23. The van der Waals surface area contributed by atoms with Crippen molar-refractivity contribution < 1.29 is 4.92 Å². The van der Waals surface area contributed by atoms with Gasteiger partial charge in [-0.3, -0.25) is 10.1 Å². The number of para-hydroxylation sites is 1. The topological polar surface area (TPSA) is 64.2 Å². The second-order valence-corrected chi connectivity index (χ2v) is 6.94. The number of benzene rings is 2. The summed E-state index contributed by atoms with van der Waals surface area (Å²) in [5.74, 6) is 0. The first-order valence-corrected chi connectivity index (χ1v) is 9.19. The molecule has 138 valence electrons. The first-order valence-electron chi connectivity index (χ1n) is 9.19. The Hall–Kier alpha value is -3.15. The molecule has 0 saturated heterocycles. The summed E-state index contributed by atoms with van der Waals surface area (Å²) >= 11 is 0. The molecule has 0 bridgehead atoms. The van der Waals surface area contributed by atoms with Crippen LogP contribution in [0.5, 0.6) is 0 Å². The number of hydrogen-bond donors (Lipinski definition) is 0. The number of anilines is 1. The van der Waals surface area contributed by atoms with Gasteiger partial charge in [-0.2, -0.15) is 0 Å². The van der Waals surface area contributed by atoms with Gasteiger partial charge in [0.2, 0.25) is 0 Å². The zero-order chi connectivity index (χ0) is 18.8. The predicted molar refractivity (Wildman–Crippen MR) is 105 cm³/mol. The third-order valence-electron chi connectivity index (χ3n) is 5.21. The number of nitrogens with zero attached hydrogens (tertiary/aromatic N) is 4. The second-order valence-electron chi connectivity index (χ2n) is 6.94. The van der Waals surface area contributed by atoms with Gasteiger partial charge in [0.25, 0.3) is 5.69 Å². The maximum atomic E-state index is 11.4. The summed E-state index contributed by atoms with van der Waals surface area (Å²) < 4.78 is 2.23. The summed E-state index contributed by atoms with van der Waals surface area (Å²) in [5, 5.41) is 11.4. The van der Waals surface area contributed by atoms with Gasteiger partial charge in [-0.25, -0.2) is 4.98 Å². The molecular weight excluding hydrogens is 340 g/mol. The minimum atomic E-state index is -0.295. The normalized spacial score (nSPS) is 13.4. The van der Waals surface area contributed by atoms with E-state index in [0.29, 0.717) is 12.2 Å². The Kier molecular flexibility index (Phi) is 4.62. The number of nitro groups is 1. The van der Waals surface area contributed by atoms with Crippen molar-refractivity contribution in [1.82, 2.24) is 9.55 Å². The van der Waals surface area contributed by atoms with Crippen molar-refractivity contribution in [2.75, 3.05) is 11.4 Å². The van der Waals surface area contributed by atoms with Crippen LogP contribution in [0.3, 0.4) is 0 Å². The van der Waals surface area contributed by atoms with Crippen LogP contribution >= 0.6 is 0 Å². The Morgan fingerprint density at radius 3 is 2.74 bits per heavy atom. The van der Waals surface area contributed by atoms with Crippen LogP contribution in [0.2, 0.25) is 0 Å². The van der Waals surface area contributed by atoms with Gasteiger partial charge < -0.3 is 9.47 Å². The van der Waals surface area contributed by atoms with Crippen molar-refractivity contribution >= 4 is 11.4 Å². The van der Waals surface area contributed by atoms with Crippen LogP contribution in [-0.4, -0.2) is 21.0 Å². The average Bonchev–Trinajstić information content (AvgIpc) is 3.09. The molecule has 1 aliphatic heterocycles. The predicted octanol–water partition coefficient (Wildman–Crippen LogP) is 3.91. The van der Waals surface area contributed by atoms with E-state index < -0.39 is 0 Å². The molecule has 0 spiro atoms. The Morgan fingerprint density at radius 1 is 1.15 bits per heavy atom. The number of fused-ring (bicyclic) bond motifs is 1. The van der Waals surface area contributed by atoms with Crippen LogP contribution in [0.4, 0.5) is 11.4 Å². The third kappa shape index (κ3) is 3.43. The summed E-state index contributed by atoms with van der Waals surface area (Å²) in [6, 6.07) is 15.7. The molecule has 1 aliphatic rings. The van der Waals surface area contributed by atoms with Gasteiger partial charge >= 0.3 is 0 Å². The molecule has 27 heavy (non-hydrogen) atoms. The number of rotatable bonds is 5. The standard InChI is InChI=1S/C21H22N4O2/c1-16-6-5-9-20(25(26)27)21(16)23-13-11-19-18(14-23)22-15-24(19)12-10-17-7-3-2-4-8-17/h2-9,15H,10-14H2,1H3. The minimum absolute atomic E-state index is 0.168. The highest BCUT2D eigenvalue weighted by molar-refractivity contribution is 5.68. The number of imidazole rings is 1. The minimum Gasteiger partial charge on any atom is -0.359 e. The van der Waals surface area contributed by atoms with E-state index in [1.54, 1.807) is 12.1 Å². The maximum absolute atomic E-state index is 11.4. The van der Waals surface area contributed by atoms with Gasteiger partial charge in [-0.15, -0.1) is 0 Å². The van der Waals surface area contributed by atoms with Crippen LogP contribution in [0.1, 0.15) is 22.5 Å². The highest BCUT2D eigenvalue weighted by atomic mass is 16.6. The quantitative estimate of drug-likeness (QED) is 0.510. The lowest BCUT2D eigenvalue weighted by molar-refractivity contribution is -0.384. The van der Waals surface area contributed by atoms with E-state index in [2.05, 4.69) is 38.7 Å². The molecule has 0 N–H and O–H groups in total. The Labute approximate surface area is 158 Å². The number of aryl methyl sites for hydroxylation is 3. The fourth-order valence-electron chi connectivity index (χ4n) is 3.85. The fourth-order valence-corrected chi connectivity index (χ4v) is 3.85. The van der Waals surface area contributed by atoms with Crippen LogP contribution in [0.15, 0.2) is 54.9 Å². The monoisotopic (exact) mass is 362 g/mol. The fraction of sp³-hybridized carbons (Fsp3) is 0.286. The Bertz CT molecular complexity index is 966. The van der Waals surface area contributed by atoms with Gasteiger partial charge in [0, 0.05) is 31.3 Å². The van der Waals surface area contributed by atoms with Crippen molar-refractivity contribution in [3.05, 3.63) is 87.5 Å². The first-order chi connectivity index (χ1) is 13.1. The molecule has 0 aliphatic carbocycles. The Morgan fingerprint density at radius 2 is 1.96 bits per heavy atom. The zero-order valence-electron chi connectivity index (χ0n) is 15.3. The van der Waals surface area contributed by atoms with E-state index in [-0.39, 0.29) is 10.6 Å². The molecule has 4 rings (SSSR count).